The lowest BCUT2D eigenvalue weighted by Gasteiger charge is -2.28. The molecule has 1 fully saturated rings. The van der Waals surface area contributed by atoms with Gasteiger partial charge >= 0.3 is 6.09 Å². The number of fused-ring (bicyclic) bond motifs is 1. The summed E-state index contributed by atoms with van der Waals surface area (Å²) in [7, 11) is -3.64. The summed E-state index contributed by atoms with van der Waals surface area (Å²) in [6, 6.07) is 14.3. The summed E-state index contributed by atoms with van der Waals surface area (Å²) in [6.45, 7) is 7.47. The number of amides is 1. The molecule has 2 aromatic carbocycles. The second-order valence-corrected chi connectivity index (χ2v) is 13.5. The molecule has 0 atom stereocenters. The Kier molecular flexibility index (Phi) is 10.3. The summed E-state index contributed by atoms with van der Waals surface area (Å²) < 4.78 is 33.3. The molecule has 0 radical (unpaired) electrons. The average Bonchev–Trinajstić information content (AvgIpc) is 2.93. The molecule has 1 aromatic heterocycles. The Morgan fingerprint density at radius 3 is 2.29 bits per heavy atom. The normalized spacial score (nSPS) is 17.7. The molecule has 1 saturated carbocycles. The van der Waals surface area contributed by atoms with Gasteiger partial charge in [-0.1, -0.05) is 35.9 Å². The molecule has 4 rings (SSSR count). The number of aromatic nitrogens is 2. The van der Waals surface area contributed by atoms with Crippen LogP contribution in [0.15, 0.2) is 53.4 Å². The van der Waals surface area contributed by atoms with Gasteiger partial charge in [0, 0.05) is 31.6 Å². The second-order valence-electron chi connectivity index (χ2n) is 11.3. The maximum atomic E-state index is 12.7. The van der Waals surface area contributed by atoms with Gasteiger partial charge in [0.1, 0.15) is 16.3 Å². The van der Waals surface area contributed by atoms with Crippen LogP contribution in [0.25, 0.3) is 10.9 Å². The molecule has 0 saturated heterocycles. The van der Waals surface area contributed by atoms with E-state index in [0.29, 0.717) is 37.3 Å². The van der Waals surface area contributed by atoms with Crippen LogP contribution in [-0.2, 0) is 14.8 Å². The van der Waals surface area contributed by atoms with Crippen molar-refractivity contribution in [3.8, 4) is 0 Å². The Bertz CT molecular complexity index is 1440. The van der Waals surface area contributed by atoms with Gasteiger partial charge in [-0.15, -0.1) is 0 Å². The largest absolute Gasteiger partial charge is 0.444 e. The molecule has 1 aliphatic carbocycles. The van der Waals surface area contributed by atoms with Crippen LogP contribution in [0.2, 0.25) is 5.02 Å². The first-order chi connectivity index (χ1) is 19.5. The van der Waals surface area contributed by atoms with E-state index in [0.717, 1.165) is 43.1 Å². The number of alkyl carbamates (subject to hydrolysis) is 1. The van der Waals surface area contributed by atoms with E-state index in [1.165, 1.54) is 6.07 Å². The van der Waals surface area contributed by atoms with Crippen molar-refractivity contribution in [1.82, 2.24) is 20.0 Å². The van der Waals surface area contributed by atoms with Crippen LogP contribution in [0.1, 0.15) is 46.5 Å². The maximum absolute atomic E-state index is 12.7. The fourth-order valence-corrected chi connectivity index (χ4v) is 6.43. The van der Waals surface area contributed by atoms with Crippen LogP contribution in [-0.4, -0.2) is 56.3 Å². The highest BCUT2D eigenvalue weighted by atomic mass is 35.5. The molecule has 1 heterocycles. The number of sulfonamides is 1. The van der Waals surface area contributed by atoms with Crippen LogP contribution in [0.4, 0.5) is 16.6 Å². The lowest BCUT2D eigenvalue weighted by atomic mass is 9.82. The summed E-state index contributed by atoms with van der Waals surface area (Å²) in [4.78, 5) is 21.4. The lowest BCUT2D eigenvalue weighted by molar-refractivity contribution is 0.0530. The topological polar surface area (TPSA) is 134 Å². The van der Waals surface area contributed by atoms with Gasteiger partial charge in [-0.25, -0.2) is 22.9 Å². The molecule has 4 N–H and O–H groups in total. The number of hydrogen-bond donors (Lipinski definition) is 4. The molecule has 0 aliphatic heterocycles. The molecule has 0 spiro atoms. The van der Waals surface area contributed by atoms with Crippen molar-refractivity contribution in [3.63, 3.8) is 0 Å². The van der Waals surface area contributed by atoms with E-state index in [9.17, 15) is 13.2 Å². The number of carbonyl (C=O) groups excluding carboxylic acids is 1. The van der Waals surface area contributed by atoms with E-state index in [2.05, 4.69) is 25.7 Å². The van der Waals surface area contributed by atoms with E-state index in [1.807, 2.05) is 45.0 Å². The second kappa shape index (κ2) is 13.7. The first-order valence-corrected chi connectivity index (χ1v) is 15.8. The van der Waals surface area contributed by atoms with Crippen molar-refractivity contribution in [3.05, 3.63) is 53.6 Å². The quantitative estimate of drug-likeness (QED) is 0.214. The smallest absolute Gasteiger partial charge is 0.407 e. The number of rotatable bonds is 11. The molecular weight excluding hydrogens is 564 g/mol. The van der Waals surface area contributed by atoms with E-state index in [4.69, 9.17) is 21.3 Å². The molecule has 3 aromatic rings. The molecule has 222 valence electrons. The zero-order valence-electron chi connectivity index (χ0n) is 23.7. The van der Waals surface area contributed by atoms with Gasteiger partial charge in [0.2, 0.25) is 16.0 Å². The number of nitrogens with zero attached hydrogens (tertiary/aromatic N) is 2. The van der Waals surface area contributed by atoms with Crippen molar-refractivity contribution >= 4 is 50.4 Å². The van der Waals surface area contributed by atoms with Crippen LogP contribution in [0.5, 0.6) is 0 Å². The van der Waals surface area contributed by atoms with Gasteiger partial charge in [-0.05, 0) is 82.6 Å². The number of hydrogen-bond acceptors (Lipinski definition) is 8. The molecule has 0 bridgehead atoms. The van der Waals surface area contributed by atoms with E-state index >= 15 is 0 Å². The molecule has 10 nitrogen and oxygen atoms in total. The minimum atomic E-state index is -3.64. The zero-order valence-corrected chi connectivity index (χ0v) is 25.3. The number of halogens is 1. The number of anilines is 2. The Hall–Kier alpha value is -3.15. The highest BCUT2D eigenvalue weighted by Gasteiger charge is 2.24. The van der Waals surface area contributed by atoms with Gasteiger partial charge in [0.05, 0.1) is 10.5 Å². The molecule has 12 heteroatoms. The Morgan fingerprint density at radius 2 is 1.59 bits per heavy atom. The Labute approximate surface area is 247 Å². The third kappa shape index (κ3) is 9.17. The predicted molar refractivity (Wildman–Crippen MR) is 163 cm³/mol. The van der Waals surface area contributed by atoms with Gasteiger partial charge in [0.25, 0.3) is 0 Å². The standard InChI is InChI=1S/C29H39ClN6O4S/c1-29(2,3)40-28(37)32-17-16-31-26-22-8-4-6-10-24(22)35-27(36-26)33-18-20-12-14-21(15-13-20)19-34-41(38,39)25-11-7-5-9-23(25)30/h4-11,20-21,34H,12-19H2,1-3H3,(H,32,37)(H2,31,33,35,36)/t20-,21-. The van der Waals surface area contributed by atoms with Gasteiger partial charge in [-0.2, -0.15) is 4.98 Å². The fourth-order valence-electron chi connectivity index (χ4n) is 4.79. The lowest BCUT2D eigenvalue weighted by Crippen LogP contribution is -2.35. The number of benzene rings is 2. The van der Waals surface area contributed by atoms with E-state index in [1.54, 1.807) is 18.2 Å². The molecule has 1 amide bonds. The number of para-hydroxylation sites is 1. The van der Waals surface area contributed by atoms with Gasteiger partial charge in [-0.3, -0.25) is 0 Å². The Morgan fingerprint density at radius 1 is 0.927 bits per heavy atom. The van der Waals surface area contributed by atoms with Crippen molar-refractivity contribution in [2.24, 2.45) is 11.8 Å². The van der Waals surface area contributed by atoms with Crippen molar-refractivity contribution in [2.75, 3.05) is 36.8 Å². The summed E-state index contributed by atoms with van der Waals surface area (Å²) >= 11 is 6.08. The fraction of sp³-hybridized carbons (Fsp3) is 0.483. The monoisotopic (exact) mass is 602 g/mol. The molecule has 0 unspecified atom stereocenters. The minimum Gasteiger partial charge on any atom is -0.444 e. The minimum absolute atomic E-state index is 0.114. The van der Waals surface area contributed by atoms with Crippen molar-refractivity contribution in [2.45, 2.75) is 57.0 Å². The van der Waals surface area contributed by atoms with Gasteiger partial charge < -0.3 is 20.7 Å². The van der Waals surface area contributed by atoms with Crippen molar-refractivity contribution in [1.29, 1.82) is 0 Å². The summed E-state index contributed by atoms with van der Waals surface area (Å²) in [5.41, 5.74) is 0.275. The number of carbonyl (C=O) groups is 1. The molecule has 41 heavy (non-hydrogen) atoms. The molecule has 1 aliphatic rings. The van der Waals surface area contributed by atoms with Crippen LogP contribution in [0.3, 0.4) is 0 Å². The van der Waals surface area contributed by atoms with E-state index < -0.39 is 21.7 Å². The summed E-state index contributed by atoms with van der Waals surface area (Å²) in [6.07, 6.45) is 3.39. The van der Waals surface area contributed by atoms with E-state index in [-0.39, 0.29) is 15.8 Å². The molecular formula is C29H39ClN6O4S. The average molecular weight is 603 g/mol. The third-order valence-electron chi connectivity index (χ3n) is 6.89. The summed E-state index contributed by atoms with van der Waals surface area (Å²) in [5, 5.41) is 10.6. The van der Waals surface area contributed by atoms with Crippen LogP contribution < -0.4 is 20.7 Å². The first-order valence-electron chi connectivity index (χ1n) is 14.0. The SMILES string of the molecule is CC(C)(C)OC(=O)NCCNc1nc(NC[C@H]2CC[C@H](CNS(=O)(=O)c3ccccc3Cl)CC2)nc2ccccc12. The summed E-state index contributed by atoms with van der Waals surface area (Å²) in [5.74, 6) is 1.96. The highest BCUT2D eigenvalue weighted by molar-refractivity contribution is 7.89. The number of nitrogens with one attached hydrogen (secondary N) is 4. The number of ether oxygens (including phenoxy) is 1. The maximum Gasteiger partial charge on any atom is 0.407 e. The Balaban J connectivity index is 1.26. The first kappa shape index (κ1) is 30.8. The van der Waals surface area contributed by atoms with Crippen LogP contribution in [0, 0.1) is 11.8 Å². The highest BCUT2D eigenvalue weighted by Crippen LogP contribution is 2.30. The zero-order chi connectivity index (χ0) is 29.5. The van der Waals surface area contributed by atoms with Crippen molar-refractivity contribution < 1.29 is 17.9 Å². The predicted octanol–water partition coefficient (Wildman–Crippen LogP) is 5.42. The van der Waals surface area contributed by atoms with Gasteiger partial charge in [0.15, 0.2) is 0 Å². The third-order valence-corrected chi connectivity index (χ3v) is 8.82. The van der Waals surface area contributed by atoms with Crippen LogP contribution >= 0.6 is 11.6 Å².